The molecule has 1 aromatic carbocycles. The minimum Gasteiger partial charge on any atom is -0.376 e. The summed E-state index contributed by atoms with van der Waals surface area (Å²) in [6, 6.07) is 3.21. The van der Waals surface area contributed by atoms with Crippen molar-refractivity contribution in [1.82, 2.24) is 15.5 Å². The molecule has 196 valence electrons. The molecule has 0 aromatic heterocycles. The van der Waals surface area contributed by atoms with Gasteiger partial charge in [-0.25, -0.2) is 4.39 Å². The molecule has 2 N–H and O–H groups in total. The predicted molar refractivity (Wildman–Crippen MR) is 138 cm³/mol. The van der Waals surface area contributed by atoms with Crippen LogP contribution in [0.4, 0.5) is 4.39 Å². The average Bonchev–Trinajstić information content (AvgIpc) is 3.20. The molecule has 2 saturated heterocycles. The number of amides is 3. The van der Waals surface area contributed by atoms with Gasteiger partial charge in [0, 0.05) is 42.7 Å². The van der Waals surface area contributed by atoms with E-state index in [4.69, 9.17) is 7.80 Å². The summed E-state index contributed by atoms with van der Waals surface area (Å²) in [5, 5.41) is 6.09. The van der Waals surface area contributed by atoms with E-state index in [0.29, 0.717) is 41.7 Å². The molecule has 3 heterocycles. The average molecular weight is 613 g/mol. The lowest BCUT2D eigenvalue weighted by molar-refractivity contribution is -0.136. The maximum atomic E-state index is 15.7. The van der Waals surface area contributed by atoms with Crippen LogP contribution in [-0.4, -0.2) is 60.1 Å². The molecular weight excluding hydrogens is 580 g/mol. The number of hydrogen-bond acceptors (Lipinski definition) is 6. The standard InChI is InChI=1S/C26H33FIN3O5/c27-24-16(5-8-18-19(24)13-31(26(18)34)21-9-10-23(32)30-25(21)33)12-22-20(2-1-11-35-22)29-17-6-3-15(4-7-17)14-36-28/h5,8,15,17,20-22,29H,1-4,6-7,9-14H2,(H,30,32,33)/t15-,17+,20-,21?,22+/m0/s1. The Kier molecular flexibility index (Phi) is 8.24. The first-order chi connectivity index (χ1) is 17.4. The van der Waals surface area contributed by atoms with E-state index in [1.165, 1.54) is 4.90 Å². The van der Waals surface area contributed by atoms with Crippen molar-refractivity contribution in [2.24, 2.45) is 5.92 Å². The second-order valence-corrected chi connectivity index (χ2v) is 11.1. The van der Waals surface area contributed by atoms with Crippen LogP contribution in [0.3, 0.4) is 0 Å². The summed E-state index contributed by atoms with van der Waals surface area (Å²) >= 11 is 1.97. The fraction of sp³-hybridized carbons (Fsp3) is 0.654. The summed E-state index contributed by atoms with van der Waals surface area (Å²) in [5.41, 5.74) is 1.17. The third kappa shape index (κ3) is 5.46. The van der Waals surface area contributed by atoms with E-state index >= 15 is 4.39 Å². The summed E-state index contributed by atoms with van der Waals surface area (Å²) < 4.78 is 27.1. The fourth-order valence-corrected chi connectivity index (χ4v) is 6.66. The Labute approximate surface area is 224 Å². The third-order valence-corrected chi connectivity index (χ3v) is 8.55. The number of ether oxygens (including phenoxy) is 1. The highest BCUT2D eigenvalue weighted by molar-refractivity contribution is 14.1. The van der Waals surface area contributed by atoms with Crippen LogP contribution in [0.5, 0.6) is 0 Å². The van der Waals surface area contributed by atoms with Crippen LogP contribution in [0.15, 0.2) is 12.1 Å². The van der Waals surface area contributed by atoms with Crippen molar-refractivity contribution in [3.8, 4) is 0 Å². The van der Waals surface area contributed by atoms with Crippen LogP contribution in [-0.2, 0) is 30.4 Å². The minimum absolute atomic E-state index is 0.0392. The first-order valence-corrected chi connectivity index (χ1v) is 13.9. The summed E-state index contributed by atoms with van der Waals surface area (Å²) in [6.45, 7) is 1.51. The largest absolute Gasteiger partial charge is 0.376 e. The van der Waals surface area contributed by atoms with Gasteiger partial charge >= 0.3 is 0 Å². The van der Waals surface area contributed by atoms with Crippen LogP contribution >= 0.6 is 23.0 Å². The summed E-state index contributed by atoms with van der Waals surface area (Å²) in [5.74, 6) is -0.952. The van der Waals surface area contributed by atoms with Gasteiger partial charge in [-0.05, 0) is 62.5 Å². The molecule has 36 heavy (non-hydrogen) atoms. The molecular formula is C26H33FIN3O5. The monoisotopic (exact) mass is 613 g/mol. The van der Waals surface area contributed by atoms with Crippen molar-refractivity contribution in [2.75, 3.05) is 13.2 Å². The third-order valence-electron chi connectivity index (χ3n) is 8.19. The second kappa shape index (κ2) is 11.4. The number of imide groups is 1. The zero-order chi connectivity index (χ0) is 25.2. The predicted octanol–water partition coefficient (Wildman–Crippen LogP) is 3.19. The van der Waals surface area contributed by atoms with Crippen LogP contribution in [0.25, 0.3) is 0 Å². The smallest absolute Gasteiger partial charge is 0.255 e. The topological polar surface area (TPSA) is 97.0 Å². The highest BCUT2D eigenvalue weighted by atomic mass is 127. The van der Waals surface area contributed by atoms with Crippen molar-refractivity contribution in [3.63, 3.8) is 0 Å². The van der Waals surface area contributed by atoms with Gasteiger partial charge in [-0.2, -0.15) is 0 Å². The van der Waals surface area contributed by atoms with Gasteiger partial charge in [-0.3, -0.25) is 19.7 Å². The number of nitrogens with zero attached hydrogens (tertiary/aromatic N) is 1. The maximum Gasteiger partial charge on any atom is 0.255 e. The van der Waals surface area contributed by atoms with Gasteiger partial charge < -0.3 is 18.0 Å². The van der Waals surface area contributed by atoms with E-state index in [9.17, 15) is 14.4 Å². The number of hydrogen-bond donors (Lipinski definition) is 2. The quantitative estimate of drug-likeness (QED) is 0.363. The summed E-state index contributed by atoms with van der Waals surface area (Å²) in [7, 11) is 0. The number of benzene rings is 1. The van der Waals surface area contributed by atoms with Gasteiger partial charge in [0.1, 0.15) is 34.9 Å². The van der Waals surface area contributed by atoms with Gasteiger partial charge in [0.15, 0.2) is 0 Å². The first kappa shape index (κ1) is 26.0. The molecule has 0 bridgehead atoms. The first-order valence-electron chi connectivity index (χ1n) is 13.0. The van der Waals surface area contributed by atoms with Gasteiger partial charge in [0.05, 0.1) is 19.3 Å². The molecule has 3 atom stereocenters. The molecule has 1 saturated carbocycles. The Morgan fingerprint density at radius 1 is 1.14 bits per heavy atom. The van der Waals surface area contributed by atoms with E-state index in [1.807, 2.05) is 23.0 Å². The number of rotatable bonds is 7. The number of fused-ring (bicyclic) bond motifs is 1. The van der Waals surface area contributed by atoms with Crippen LogP contribution in [0, 0.1) is 11.7 Å². The zero-order valence-corrected chi connectivity index (χ0v) is 22.4. The normalized spacial score (nSPS) is 30.9. The van der Waals surface area contributed by atoms with Crippen molar-refractivity contribution in [3.05, 3.63) is 34.6 Å². The highest BCUT2D eigenvalue weighted by Crippen LogP contribution is 2.32. The number of carbonyl (C=O) groups excluding carboxylic acids is 3. The van der Waals surface area contributed by atoms with Crippen LogP contribution < -0.4 is 10.6 Å². The van der Waals surface area contributed by atoms with E-state index in [1.54, 1.807) is 12.1 Å². The molecule has 3 fully saturated rings. The van der Waals surface area contributed by atoms with Crippen molar-refractivity contribution >= 4 is 40.7 Å². The molecule has 10 heteroatoms. The van der Waals surface area contributed by atoms with Crippen molar-refractivity contribution < 1.29 is 26.6 Å². The molecule has 4 aliphatic rings. The van der Waals surface area contributed by atoms with E-state index in [2.05, 4.69) is 10.6 Å². The molecule has 5 rings (SSSR count). The highest BCUT2D eigenvalue weighted by Gasteiger charge is 2.41. The van der Waals surface area contributed by atoms with Crippen molar-refractivity contribution in [2.45, 2.75) is 88.6 Å². The molecule has 0 radical (unpaired) electrons. The Hall–Kier alpha value is -1.63. The Bertz CT molecular complexity index is 1020. The molecule has 3 amide bonds. The lowest BCUT2D eigenvalue weighted by Crippen LogP contribution is -2.52. The molecule has 1 unspecified atom stereocenters. The molecule has 0 spiro atoms. The summed E-state index contributed by atoms with van der Waals surface area (Å²) in [4.78, 5) is 38.2. The van der Waals surface area contributed by atoms with E-state index < -0.39 is 11.9 Å². The molecule has 1 aromatic rings. The molecule has 3 aliphatic heterocycles. The summed E-state index contributed by atoms with van der Waals surface area (Å²) in [6.07, 6.45) is 7.22. The Balaban J connectivity index is 1.25. The lowest BCUT2D eigenvalue weighted by atomic mass is 9.85. The second-order valence-electron chi connectivity index (χ2n) is 10.5. The van der Waals surface area contributed by atoms with Crippen LogP contribution in [0.2, 0.25) is 0 Å². The number of nitrogens with one attached hydrogen (secondary N) is 2. The van der Waals surface area contributed by atoms with Gasteiger partial charge in [-0.1, -0.05) is 6.07 Å². The van der Waals surface area contributed by atoms with E-state index in [-0.39, 0.29) is 49.2 Å². The Morgan fingerprint density at radius 2 is 1.94 bits per heavy atom. The fourth-order valence-electron chi connectivity index (χ4n) is 6.15. The number of piperidine rings is 1. The minimum atomic E-state index is -0.751. The van der Waals surface area contributed by atoms with Gasteiger partial charge in [0.25, 0.3) is 5.91 Å². The zero-order valence-electron chi connectivity index (χ0n) is 20.3. The van der Waals surface area contributed by atoms with Gasteiger partial charge in [-0.15, -0.1) is 0 Å². The maximum absolute atomic E-state index is 15.7. The van der Waals surface area contributed by atoms with Crippen LogP contribution in [0.1, 0.15) is 72.9 Å². The number of halogens is 2. The molecule has 8 nitrogen and oxygen atoms in total. The molecule has 1 aliphatic carbocycles. The van der Waals surface area contributed by atoms with Crippen molar-refractivity contribution in [1.29, 1.82) is 0 Å². The van der Waals surface area contributed by atoms with E-state index in [0.717, 1.165) is 45.1 Å². The lowest BCUT2D eigenvalue weighted by Gasteiger charge is -2.37. The Morgan fingerprint density at radius 3 is 2.69 bits per heavy atom. The number of carbonyl (C=O) groups is 3. The SMILES string of the molecule is O=C1CCC(N2Cc3c(ccc(C[C@H]4OCCC[C@@H]4N[C@H]4CC[C@@H](COI)CC4)c3F)C2=O)C(=O)N1. The van der Waals surface area contributed by atoms with Gasteiger partial charge in [0.2, 0.25) is 11.8 Å².